The third-order valence-electron chi connectivity index (χ3n) is 4.54. The standard InChI is InChI=1S/C20H41FO3S/c1-2-3-4-5-6-7-8-10-13-16-19-24-25(22,23)20-17-14-11-9-12-15-18-21/h2-20H2,1H3. The highest BCUT2D eigenvalue weighted by molar-refractivity contribution is 7.86. The van der Waals surface area contributed by atoms with Gasteiger partial charge >= 0.3 is 0 Å². The summed E-state index contributed by atoms with van der Waals surface area (Å²) in [7, 11) is -3.35. The first-order valence-corrected chi connectivity index (χ1v) is 12.1. The van der Waals surface area contributed by atoms with Crippen LogP contribution in [0.5, 0.6) is 0 Å². The van der Waals surface area contributed by atoms with Gasteiger partial charge in [0.05, 0.1) is 19.0 Å². The molecule has 152 valence electrons. The number of halogens is 1. The van der Waals surface area contributed by atoms with Gasteiger partial charge in [0.25, 0.3) is 10.1 Å². The zero-order valence-corrected chi connectivity index (χ0v) is 17.3. The number of alkyl halides is 1. The highest BCUT2D eigenvalue weighted by Crippen LogP contribution is 2.11. The fraction of sp³-hybridized carbons (Fsp3) is 1.00. The Morgan fingerprint density at radius 1 is 0.640 bits per heavy atom. The van der Waals surface area contributed by atoms with Gasteiger partial charge in [0.15, 0.2) is 0 Å². The Morgan fingerprint density at radius 3 is 1.60 bits per heavy atom. The second-order valence-corrected chi connectivity index (χ2v) is 8.84. The molecule has 0 aliphatic heterocycles. The molecule has 0 rings (SSSR count). The SMILES string of the molecule is CCCCCCCCCCCCOS(=O)(=O)CCCCCCCCF. The zero-order chi connectivity index (χ0) is 18.6. The Labute approximate surface area is 156 Å². The molecule has 0 unspecified atom stereocenters. The van der Waals surface area contributed by atoms with E-state index in [9.17, 15) is 12.8 Å². The predicted molar refractivity (Wildman–Crippen MR) is 105 cm³/mol. The normalized spacial score (nSPS) is 11.9. The van der Waals surface area contributed by atoms with E-state index >= 15 is 0 Å². The molecule has 25 heavy (non-hydrogen) atoms. The minimum Gasteiger partial charge on any atom is -0.270 e. The summed E-state index contributed by atoms with van der Waals surface area (Å²) >= 11 is 0. The summed E-state index contributed by atoms with van der Waals surface area (Å²) in [6.07, 6.45) is 17.3. The van der Waals surface area contributed by atoms with Crippen molar-refractivity contribution >= 4 is 10.1 Å². The van der Waals surface area contributed by atoms with Crippen molar-refractivity contribution < 1.29 is 17.0 Å². The number of unbranched alkanes of at least 4 members (excludes halogenated alkanes) is 14. The second-order valence-electron chi connectivity index (χ2n) is 7.08. The molecular formula is C20H41FO3S. The van der Waals surface area contributed by atoms with Gasteiger partial charge in [0.2, 0.25) is 0 Å². The first kappa shape index (κ1) is 24.8. The van der Waals surface area contributed by atoms with Crippen LogP contribution in [-0.4, -0.2) is 27.5 Å². The molecule has 0 spiro atoms. The lowest BCUT2D eigenvalue weighted by Crippen LogP contribution is -2.11. The van der Waals surface area contributed by atoms with Gasteiger partial charge in [-0.05, 0) is 19.3 Å². The third kappa shape index (κ3) is 20.0. The minimum atomic E-state index is -3.35. The number of hydrogen-bond donors (Lipinski definition) is 0. The van der Waals surface area contributed by atoms with Crippen LogP contribution in [0.1, 0.15) is 110 Å². The van der Waals surface area contributed by atoms with E-state index in [1.54, 1.807) is 0 Å². The summed E-state index contributed by atoms with van der Waals surface area (Å²) in [5.74, 6) is 0.119. The van der Waals surface area contributed by atoms with Crippen molar-refractivity contribution in [3.05, 3.63) is 0 Å². The summed E-state index contributed by atoms with van der Waals surface area (Å²) in [4.78, 5) is 0. The van der Waals surface area contributed by atoms with E-state index < -0.39 is 10.1 Å². The molecule has 0 saturated carbocycles. The molecule has 0 saturated heterocycles. The molecule has 0 bridgehead atoms. The molecule has 0 fully saturated rings. The van der Waals surface area contributed by atoms with Crippen LogP contribution >= 0.6 is 0 Å². The summed E-state index contributed by atoms with van der Waals surface area (Å²) in [5, 5.41) is 0. The van der Waals surface area contributed by atoms with Crippen LogP contribution in [0, 0.1) is 0 Å². The van der Waals surface area contributed by atoms with E-state index in [0.29, 0.717) is 19.4 Å². The van der Waals surface area contributed by atoms with Crippen molar-refractivity contribution in [1.29, 1.82) is 0 Å². The van der Waals surface area contributed by atoms with E-state index in [0.717, 1.165) is 38.5 Å². The van der Waals surface area contributed by atoms with Gasteiger partial charge in [-0.25, -0.2) is 0 Å². The van der Waals surface area contributed by atoms with Crippen LogP contribution in [0.15, 0.2) is 0 Å². The summed E-state index contributed by atoms with van der Waals surface area (Å²) in [6, 6.07) is 0. The van der Waals surface area contributed by atoms with Crippen LogP contribution in [0.4, 0.5) is 4.39 Å². The van der Waals surface area contributed by atoms with Crippen molar-refractivity contribution in [2.75, 3.05) is 19.0 Å². The fourth-order valence-corrected chi connectivity index (χ4v) is 3.96. The maximum absolute atomic E-state index is 11.9. The van der Waals surface area contributed by atoms with Crippen molar-refractivity contribution in [1.82, 2.24) is 0 Å². The molecule has 0 heterocycles. The molecule has 0 radical (unpaired) electrons. The summed E-state index contributed by atoms with van der Waals surface area (Å²) in [6.45, 7) is 2.32. The maximum atomic E-state index is 11.9. The lowest BCUT2D eigenvalue weighted by atomic mass is 10.1. The van der Waals surface area contributed by atoms with Gasteiger partial charge in [0.1, 0.15) is 0 Å². The Balaban J connectivity index is 3.33. The smallest absolute Gasteiger partial charge is 0.267 e. The van der Waals surface area contributed by atoms with E-state index in [1.165, 1.54) is 51.4 Å². The van der Waals surface area contributed by atoms with Crippen LogP contribution in [0.3, 0.4) is 0 Å². The van der Waals surface area contributed by atoms with Crippen molar-refractivity contribution in [3.63, 3.8) is 0 Å². The molecule has 3 nitrogen and oxygen atoms in total. The van der Waals surface area contributed by atoms with E-state index in [2.05, 4.69) is 6.92 Å². The monoisotopic (exact) mass is 380 g/mol. The molecule has 5 heteroatoms. The number of hydrogen-bond acceptors (Lipinski definition) is 3. The van der Waals surface area contributed by atoms with Crippen LogP contribution in [-0.2, 0) is 14.3 Å². The molecule has 0 aliphatic rings. The van der Waals surface area contributed by atoms with Gasteiger partial charge < -0.3 is 0 Å². The van der Waals surface area contributed by atoms with Crippen LogP contribution in [0.25, 0.3) is 0 Å². The largest absolute Gasteiger partial charge is 0.270 e. The van der Waals surface area contributed by atoms with Gasteiger partial charge in [-0.1, -0.05) is 90.4 Å². The Morgan fingerprint density at radius 2 is 1.08 bits per heavy atom. The molecular weight excluding hydrogens is 339 g/mol. The summed E-state index contributed by atoms with van der Waals surface area (Å²) in [5.41, 5.74) is 0. The Kier molecular flexibility index (Phi) is 18.5. The second kappa shape index (κ2) is 18.6. The molecule has 0 N–H and O–H groups in total. The van der Waals surface area contributed by atoms with E-state index in [4.69, 9.17) is 4.18 Å². The lowest BCUT2D eigenvalue weighted by molar-refractivity contribution is 0.305. The van der Waals surface area contributed by atoms with Crippen molar-refractivity contribution in [2.45, 2.75) is 110 Å². The average molecular weight is 381 g/mol. The Bertz CT molecular complexity index is 358. The minimum absolute atomic E-state index is 0.119. The lowest BCUT2D eigenvalue weighted by Gasteiger charge is -2.06. The average Bonchev–Trinajstić information content (AvgIpc) is 2.59. The van der Waals surface area contributed by atoms with E-state index in [1.807, 2.05) is 0 Å². The molecule has 0 aromatic heterocycles. The zero-order valence-electron chi connectivity index (χ0n) is 16.4. The molecule has 0 aromatic carbocycles. The highest BCUT2D eigenvalue weighted by atomic mass is 32.2. The first-order valence-electron chi connectivity index (χ1n) is 10.6. The predicted octanol–water partition coefficient (Wildman–Crippen LogP) is 6.56. The molecule has 0 aromatic rings. The van der Waals surface area contributed by atoms with Crippen LogP contribution in [0.2, 0.25) is 0 Å². The van der Waals surface area contributed by atoms with Gasteiger partial charge in [-0.2, -0.15) is 8.42 Å². The quantitative estimate of drug-likeness (QED) is 0.177. The van der Waals surface area contributed by atoms with E-state index in [-0.39, 0.29) is 12.4 Å². The summed E-state index contributed by atoms with van der Waals surface area (Å²) < 4.78 is 40.5. The van der Waals surface area contributed by atoms with Gasteiger partial charge in [0, 0.05) is 0 Å². The maximum Gasteiger partial charge on any atom is 0.267 e. The van der Waals surface area contributed by atoms with Crippen molar-refractivity contribution in [3.8, 4) is 0 Å². The first-order chi connectivity index (χ1) is 12.1. The number of rotatable bonds is 20. The highest BCUT2D eigenvalue weighted by Gasteiger charge is 2.10. The molecule has 0 atom stereocenters. The molecule has 0 aliphatic carbocycles. The molecule has 0 amide bonds. The van der Waals surface area contributed by atoms with Crippen LogP contribution < -0.4 is 0 Å². The van der Waals surface area contributed by atoms with Gasteiger partial charge in [-0.15, -0.1) is 0 Å². The fourth-order valence-electron chi connectivity index (χ4n) is 2.91. The topological polar surface area (TPSA) is 43.4 Å². The van der Waals surface area contributed by atoms with Crippen molar-refractivity contribution in [2.24, 2.45) is 0 Å². The Hall–Kier alpha value is -0.160. The van der Waals surface area contributed by atoms with Gasteiger partial charge in [-0.3, -0.25) is 8.57 Å². The third-order valence-corrected chi connectivity index (χ3v) is 5.85.